The van der Waals surface area contributed by atoms with Crippen molar-refractivity contribution < 1.29 is 18.1 Å². The molecule has 0 aliphatic rings. The highest BCUT2D eigenvalue weighted by molar-refractivity contribution is 7.13. The molecule has 0 bridgehead atoms. The molecule has 3 rings (SSSR count). The van der Waals surface area contributed by atoms with Crippen molar-refractivity contribution in [2.75, 3.05) is 11.4 Å². The van der Waals surface area contributed by atoms with Crippen molar-refractivity contribution in [2.45, 2.75) is 19.8 Å². The van der Waals surface area contributed by atoms with Gasteiger partial charge in [0.1, 0.15) is 0 Å². The van der Waals surface area contributed by atoms with E-state index in [0.29, 0.717) is 23.9 Å². The highest BCUT2D eigenvalue weighted by Crippen LogP contribution is 2.22. The first-order valence-corrected chi connectivity index (χ1v) is 8.58. The predicted molar refractivity (Wildman–Crippen MR) is 90.3 cm³/mol. The number of benzene rings is 1. The van der Waals surface area contributed by atoms with Gasteiger partial charge in [-0.3, -0.25) is 4.79 Å². The van der Waals surface area contributed by atoms with E-state index in [-0.39, 0.29) is 18.7 Å². The molecule has 0 N–H and O–H groups in total. The van der Waals surface area contributed by atoms with Crippen molar-refractivity contribution in [3.05, 3.63) is 53.2 Å². The molecule has 0 spiro atoms. The molecule has 1 amide bonds. The second kappa shape index (κ2) is 7.52. The monoisotopic (exact) mass is 363 g/mol. The zero-order valence-electron chi connectivity index (χ0n) is 13.4. The number of thiophene rings is 1. The Hall–Kier alpha value is -2.61. The summed E-state index contributed by atoms with van der Waals surface area (Å²) in [5.74, 6) is -1.31. The van der Waals surface area contributed by atoms with Gasteiger partial charge in [-0.15, -0.1) is 11.3 Å². The molecule has 8 heteroatoms. The van der Waals surface area contributed by atoms with E-state index < -0.39 is 11.6 Å². The summed E-state index contributed by atoms with van der Waals surface area (Å²) in [6.45, 7) is 2.11. The van der Waals surface area contributed by atoms with Gasteiger partial charge in [-0.2, -0.15) is 4.98 Å². The fourth-order valence-corrected chi connectivity index (χ4v) is 3.02. The van der Waals surface area contributed by atoms with Crippen molar-refractivity contribution >= 4 is 22.9 Å². The summed E-state index contributed by atoms with van der Waals surface area (Å²) in [5.41, 5.74) is 0.316. The number of carbonyl (C=O) groups is 1. The minimum Gasteiger partial charge on any atom is -0.339 e. The number of halogens is 2. The number of nitrogens with zero attached hydrogens (tertiary/aromatic N) is 3. The van der Waals surface area contributed by atoms with Crippen molar-refractivity contribution in [1.29, 1.82) is 0 Å². The molecule has 0 saturated heterocycles. The SMILES string of the molecule is CCN(C(=O)CCc1nc(-c2cccs2)no1)c1ccc(F)c(F)c1. The number of aryl methyl sites for hydroxylation is 1. The van der Waals surface area contributed by atoms with Crippen LogP contribution in [0, 0.1) is 11.6 Å². The van der Waals surface area contributed by atoms with Gasteiger partial charge in [0, 0.05) is 31.1 Å². The van der Waals surface area contributed by atoms with Crippen molar-refractivity contribution in [3.63, 3.8) is 0 Å². The lowest BCUT2D eigenvalue weighted by atomic mass is 10.2. The third kappa shape index (κ3) is 3.90. The number of aromatic nitrogens is 2. The maximum absolute atomic E-state index is 13.4. The van der Waals surface area contributed by atoms with E-state index in [1.54, 1.807) is 6.92 Å². The van der Waals surface area contributed by atoms with Crippen molar-refractivity contribution in [2.24, 2.45) is 0 Å². The molecule has 0 saturated carbocycles. The summed E-state index contributed by atoms with van der Waals surface area (Å²) in [6.07, 6.45) is 0.399. The molecule has 0 aliphatic carbocycles. The molecule has 0 fully saturated rings. The first-order chi connectivity index (χ1) is 12.1. The Morgan fingerprint density at radius 2 is 2.12 bits per heavy atom. The molecule has 5 nitrogen and oxygen atoms in total. The van der Waals surface area contributed by atoms with Gasteiger partial charge in [0.15, 0.2) is 11.6 Å². The molecule has 0 aliphatic heterocycles. The van der Waals surface area contributed by atoms with E-state index in [1.165, 1.54) is 22.3 Å². The van der Waals surface area contributed by atoms with Crippen LogP contribution in [-0.2, 0) is 11.2 Å². The lowest BCUT2D eigenvalue weighted by Gasteiger charge is -2.20. The summed E-state index contributed by atoms with van der Waals surface area (Å²) in [6, 6.07) is 7.17. The van der Waals surface area contributed by atoms with Crippen LogP contribution in [0.2, 0.25) is 0 Å². The van der Waals surface area contributed by atoms with Gasteiger partial charge < -0.3 is 9.42 Å². The molecule has 2 heterocycles. The third-order valence-electron chi connectivity index (χ3n) is 3.59. The Labute approximate surface area is 146 Å². The van der Waals surface area contributed by atoms with Crippen LogP contribution >= 0.6 is 11.3 Å². The summed E-state index contributed by atoms with van der Waals surface area (Å²) >= 11 is 1.50. The van der Waals surface area contributed by atoms with Crippen LogP contribution in [0.5, 0.6) is 0 Å². The minimum absolute atomic E-state index is 0.124. The fraction of sp³-hybridized carbons (Fsp3) is 0.235. The van der Waals surface area contributed by atoms with E-state index in [1.807, 2.05) is 17.5 Å². The molecule has 25 heavy (non-hydrogen) atoms. The molecule has 0 unspecified atom stereocenters. The van der Waals surface area contributed by atoms with Crippen molar-refractivity contribution in [1.82, 2.24) is 10.1 Å². The molecule has 3 aromatic rings. The number of anilines is 1. The van der Waals surface area contributed by atoms with Crippen LogP contribution in [0.25, 0.3) is 10.7 Å². The van der Waals surface area contributed by atoms with Gasteiger partial charge in [0.2, 0.25) is 17.6 Å². The minimum atomic E-state index is -0.985. The summed E-state index contributed by atoms with van der Waals surface area (Å²) in [4.78, 5) is 18.9. The first kappa shape index (κ1) is 17.2. The lowest BCUT2D eigenvalue weighted by molar-refractivity contribution is -0.118. The van der Waals surface area contributed by atoms with E-state index in [0.717, 1.165) is 17.0 Å². The second-order valence-corrected chi connectivity index (χ2v) is 6.17. The zero-order chi connectivity index (χ0) is 17.8. The largest absolute Gasteiger partial charge is 0.339 e. The fourth-order valence-electron chi connectivity index (χ4n) is 2.37. The summed E-state index contributed by atoms with van der Waals surface area (Å²) in [5, 5.41) is 5.80. The highest BCUT2D eigenvalue weighted by atomic mass is 32.1. The Morgan fingerprint density at radius 3 is 2.80 bits per heavy atom. The predicted octanol–water partition coefficient (Wildman–Crippen LogP) is 4.06. The van der Waals surface area contributed by atoms with Crippen LogP contribution in [0.4, 0.5) is 14.5 Å². The molecule has 2 aromatic heterocycles. The molecule has 1 aromatic carbocycles. The zero-order valence-corrected chi connectivity index (χ0v) is 14.2. The third-order valence-corrected chi connectivity index (χ3v) is 4.46. The quantitative estimate of drug-likeness (QED) is 0.663. The van der Waals surface area contributed by atoms with E-state index >= 15 is 0 Å². The molecule has 130 valence electrons. The normalized spacial score (nSPS) is 10.8. The van der Waals surface area contributed by atoms with Gasteiger partial charge >= 0.3 is 0 Å². The van der Waals surface area contributed by atoms with Gasteiger partial charge in [-0.05, 0) is 30.5 Å². The van der Waals surface area contributed by atoms with Crippen LogP contribution in [0.1, 0.15) is 19.2 Å². The first-order valence-electron chi connectivity index (χ1n) is 7.70. The summed E-state index contributed by atoms with van der Waals surface area (Å²) in [7, 11) is 0. The van der Waals surface area contributed by atoms with Crippen molar-refractivity contribution in [3.8, 4) is 10.7 Å². The topological polar surface area (TPSA) is 59.2 Å². The van der Waals surface area contributed by atoms with Gasteiger partial charge in [-0.25, -0.2) is 8.78 Å². The Kier molecular flexibility index (Phi) is 5.18. The Morgan fingerprint density at radius 1 is 1.28 bits per heavy atom. The average Bonchev–Trinajstić information content (AvgIpc) is 3.27. The molecule has 0 radical (unpaired) electrons. The number of hydrogen-bond acceptors (Lipinski definition) is 5. The standard InChI is InChI=1S/C17H15F2N3O2S/c1-2-22(11-5-6-12(18)13(19)10-11)16(23)8-7-15-20-17(21-24-15)14-4-3-9-25-14/h3-6,9-10H,2,7-8H2,1H3. The van der Waals surface area contributed by atoms with E-state index in [4.69, 9.17) is 4.52 Å². The maximum atomic E-state index is 13.4. The van der Waals surface area contributed by atoms with Gasteiger partial charge in [-0.1, -0.05) is 11.2 Å². The van der Waals surface area contributed by atoms with Gasteiger partial charge in [0.05, 0.1) is 4.88 Å². The Bertz CT molecular complexity index is 865. The van der Waals surface area contributed by atoms with Gasteiger partial charge in [0.25, 0.3) is 0 Å². The summed E-state index contributed by atoms with van der Waals surface area (Å²) < 4.78 is 31.6. The Balaban J connectivity index is 1.65. The second-order valence-electron chi connectivity index (χ2n) is 5.23. The van der Waals surface area contributed by atoms with Crippen LogP contribution < -0.4 is 4.90 Å². The number of rotatable bonds is 6. The van der Waals surface area contributed by atoms with Crippen LogP contribution in [0.3, 0.4) is 0 Å². The number of amides is 1. The van der Waals surface area contributed by atoms with E-state index in [2.05, 4.69) is 10.1 Å². The molecule has 0 atom stereocenters. The molecular weight excluding hydrogens is 348 g/mol. The number of hydrogen-bond donors (Lipinski definition) is 0. The molecular formula is C17H15F2N3O2S. The lowest BCUT2D eigenvalue weighted by Crippen LogP contribution is -2.30. The van der Waals surface area contributed by atoms with Crippen LogP contribution in [0.15, 0.2) is 40.2 Å². The van der Waals surface area contributed by atoms with E-state index in [9.17, 15) is 13.6 Å². The average molecular weight is 363 g/mol. The highest BCUT2D eigenvalue weighted by Gasteiger charge is 2.17. The maximum Gasteiger partial charge on any atom is 0.227 e. The number of carbonyl (C=O) groups excluding carboxylic acids is 1. The van der Waals surface area contributed by atoms with Crippen LogP contribution in [-0.4, -0.2) is 22.6 Å². The smallest absolute Gasteiger partial charge is 0.227 e.